The summed E-state index contributed by atoms with van der Waals surface area (Å²) < 4.78 is 24.6. The number of likely N-dealkylation sites (tertiary alicyclic amines) is 1. The first-order valence-electron chi connectivity index (χ1n) is 10.2. The maximum Gasteiger partial charge on any atom is 0.315 e. The Kier molecular flexibility index (Phi) is 7.31. The lowest BCUT2D eigenvalue weighted by Gasteiger charge is -2.36. The zero-order valence-corrected chi connectivity index (χ0v) is 17.5. The molecule has 8 heteroatoms. The number of carbonyl (C=O) groups excluding carboxylic acids is 1. The average molecular weight is 409 g/mol. The lowest BCUT2D eigenvalue weighted by Crippen LogP contribution is -2.52. The van der Waals surface area contributed by atoms with Gasteiger partial charge in [0.15, 0.2) is 0 Å². The van der Waals surface area contributed by atoms with E-state index < -0.39 is 10.0 Å². The van der Waals surface area contributed by atoms with Gasteiger partial charge in [0.05, 0.1) is 6.26 Å². The molecule has 3 rings (SSSR count). The molecule has 1 unspecified atom stereocenters. The van der Waals surface area contributed by atoms with Gasteiger partial charge in [0.2, 0.25) is 10.0 Å². The molecule has 0 saturated carbocycles. The van der Waals surface area contributed by atoms with Gasteiger partial charge in [0.25, 0.3) is 0 Å². The third kappa shape index (κ3) is 6.18. The van der Waals surface area contributed by atoms with Crippen molar-refractivity contribution in [1.82, 2.24) is 19.8 Å². The van der Waals surface area contributed by atoms with Crippen LogP contribution in [0.4, 0.5) is 4.79 Å². The highest BCUT2D eigenvalue weighted by Gasteiger charge is 2.27. The summed E-state index contributed by atoms with van der Waals surface area (Å²) in [5.74, 6) is 0. The summed E-state index contributed by atoms with van der Waals surface area (Å²) in [7, 11) is -3.14. The molecule has 7 nitrogen and oxygen atoms in total. The zero-order valence-electron chi connectivity index (χ0n) is 16.6. The van der Waals surface area contributed by atoms with Gasteiger partial charge in [-0.3, -0.25) is 4.90 Å². The molecule has 2 aliphatic heterocycles. The van der Waals surface area contributed by atoms with Crippen molar-refractivity contribution in [3.8, 4) is 0 Å². The Balaban J connectivity index is 1.43. The van der Waals surface area contributed by atoms with Gasteiger partial charge in [-0.25, -0.2) is 17.5 Å². The van der Waals surface area contributed by atoms with E-state index in [-0.39, 0.29) is 12.1 Å². The van der Waals surface area contributed by atoms with Crippen LogP contribution < -0.4 is 10.6 Å². The van der Waals surface area contributed by atoms with E-state index in [2.05, 4.69) is 39.8 Å². The molecule has 0 bridgehead atoms. The number of carbonyl (C=O) groups is 1. The molecule has 2 fully saturated rings. The highest BCUT2D eigenvalue weighted by atomic mass is 32.2. The Morgan fingerprint density at radius 2 is 1.79 bits per heavy atom. The molecule has 2 N–H and O–H groups in total. The Morgan fingerprint density at radius 1 is 1.07 bits per heavy atom. The second-order valence-corrected chi connectivity index (χ2v) is 9.88. The van der Waals surface area contributed by atoms with Gasteiger partial charge < -0.3 is 10.6 Å². The Morgan fingerprint density at radius 3 is 2.46 bits per heavy atom. The molecular formula is C20H32N4O3S. The van der Waals surface area contributed by atoms with Crippen molar-refractivity contribution in [2.75, 3.05) is 32.4 Å². The smallest absolute Gasteiger partial charge is 0.315 e. The minimum absolute atomic E-state index is 0.0322. The number of nitrogens with one attached hydrogen (secondary N) is 2. The van der Waals surface area contributed by atoms with Crippen LogP contribution in [0.3, 0.4) is 0 Å². The topological polar surface area (TPSA) is 81.8 Å². The van der Waals surface area contributed by atoms with Crippen molar-refractivity contribution in [2.24, 2.45) is 0 Å². The van der Waals surface area contributed by atoms with E-state index in [0.29, 0.717) is 38.5 Å². The molecule has 2 heterocycles. The first-order chi connectivity index (χ1) is 13.4. The molecule has 1 aromatic rings. The van der Waals surface area contributed by atoms with Crippen molar-refractivity contribution in [3.63, 3.8) is 0 Å². The number of nitrogens with zero attached hydrogens (tertiary/aromatic N) is 2. The van der Waals surface area contributed by atoms with E-state index in [1.54, 1.807) is 0 Å². The molecule has 2 saturated heterocycles. The van der Waals surface area contributed by atoms with Crippen LogP contribution in [0.25, 0.3) is 0 Å². The number of piperidine rings is 2. The third-order valence-corrected chi connectivity index (χ3v) is 7.04. The van der Waals surface area contributed by atoms with Gasteiger partial charge in [-0.1, -0.05) is 36.8 Å². The van der Waals surface area contributed by atoms with E-state index >= 15 is 0 Å². The predicted octanol–water partition coefficient (Wildman–Crippen LogP) is 1.76. The van der Waals surface area contributed by atoms with E-state index in [0.717, 1.165) is 19.5 Å². The number of amides is 2. The Bertz CT molecular complexity index is 733. The molecule has 156 valence electrons. The molecule has 1 atom stereocenters. The number of urea groups is 1. The molecule has 28 heavy (non-hydrogen) atoms. The van der Waals surface area contributed by atoms with Crippen molar-refractivity contribution in [3.05, 3.63) is 35.9 Å². The Hall–Kier alpha value is -1.64. The molecular weight excluding hydrogens is 376 g/mol. The largest absolute Gasteiger partial charge is 0.337 e. The number of sulfonamides is 1. The lowest BCUT2D eigenvalue weighted by atomic mass is 10.0. The van der Waals surface area contributed by atoms with Crippen LogP contribution in [0.2, 0.25) is 0 Å². The van der Waals surface area contributed by atoms with Gasteiger partial charge >= 0.3 is 6.03 Å². The molecule has 2 aliphatic rings. The maximum absolute atomic E-state index is 12.3. The summed E-state index contributed by atoms with van der Waals surface area (Å²) in [6.45, 7) is 3.56. The highest BCUT2D eigenvalue weighted by Crippen LogP contribution is 2.19. The summed E-state index contributed by atoms with van der Waals surface area (Å²) in [5.41, 5.74) is 1.30. The quantitative estimate of drug-likeness (QED) is 0.752. The second kappa shape index (κ2) is 9.71. The lowest BCUT2D eigenvalue weighted by molar-refractivity contribution is 0.137. The SMILES string of the molecule is CS(=O)(=O)N1CCC(NC(=O)NCC2CCCCN2Cc2ccccc2)CC1. The normalized spacial score (nSPS) is 22.7. The van der Waals surface area contributed by atoms with E-state index in [1.165, 1.54) is 29.0 Å². The minimum Gasteiger partial charge on any atom is -0.337 e. The maximum atomic E-state index is 12.3. The summed E-state index contributed by atoms with van der Waals surface area (Å²) in [5, 5.41) is 6.04. The van der Waals surface area contributed by atoms with Crippen LogP contribution in [-0.4, -0.2) is 68.2 Å². The Labute approximate surface area is 168 Å². The predicted molar refractivity (Wildman–Crippen MR) is 110 cm³/mol. The number of benzene rings is 1. The summed E-state index contributed by atoms with van der Waals surface area (Å²) in [6.07, 6.45) is 6.05. The van der Waals surface area contributed by atoms with Crippen LogP contribution in [0.1, 0.15) is 37.7 Å². The number of hydrogen-bond acceptors (Lipinski definition) is 4. The molecule has 0 radical (unpaired) electrons. The van der Waals surface area contributed by atoms with E-state index in [9.17, 15) is 13.2 Å². The molecule has 1 aromatic carbocycles. The van der Waals surface area contributed by atoms with Gasteiger partial charge in [0.1, 0.15) is 0 Å². The van der Waals surface area contributed by atoms with Gasteiger partial charge in [0, 0.05) is 38.3 Å². The summed E-state index contributed by atoms with van der Waals surface area (Å²) >= 11 is 0. The van der Waals surface area contributed by atoms with Crippen LogP contribution in [0.15, 0.2) is 30.3 Å². The van der Waals surface area contributed by atoms with Crippen molar-refractivity contribution in [2.45, 2.75) is 50.7 Å². The third-order valence-electron chi connectivity index (χ3n) is 5.73. The van der Waals surface area contributed by atoms with Crippen LogP contribution >= 0.6 is 0 Å². The highest BCUT2D eigenvalue weighted by molar-refractivity contribution is 7.88. The van der Waals surface area contributed by atoms with Crippen molar-refractivity contribution in [1.29, 1.82) is 0 Å². The first kappa shape index (κ1) is 21.1. The number of rotatable bonds is 6. The van der Waals surface area contributed by atoms with Gasteiger partial charge in [-0.05, 0) is 37.8 Å². The van der Waals surface area contributed by atoms with Gasteiger partial charge in [-0.2, -0.15) is 0 Å². The fourth-order valence-electron chi connectivity index (χ4n) is 4.10. The first-order valence-corrected chi connectivity index (χ1v) is 12.0. The fraction of sp³-hybridized carbons (Fsp3) is 0.650. The van der Waals surface area contributed by atoms with Crippen LogP contribution in [0, 0.1) is 0 Å². The summed E-state index contributed by atoms with van der Waals surface area (Å²) in [6, 6.07) is 10.7. The minimum atomic E-state index is -3.14. The fourth-order valence-corrected chi connectivity index (χ4v) is 4.97. The molecule has 2 amide bonds. The van der Waals surface area contributed by atoms with Crippen LogP contribution in [-0.2, 0) is 16.6 Å². The number of hydrogen-bond donors (Lipinski definition) is 2. The average Bonchev–Trinajstić information content (AvgIpc) is 2.68. The van der Waals surface area contributed by atoms with Gasteiger partial charge in [-0.15, -0.1) is 0 Å². The summed E-state index contributed by atoms with van der Waals surface area (Å²) in [4.78, 5) is 14.8. The standard InChI is InChI=1S/C20H32N4O3S/c1-28(26,27)24-13-10-18(11-14-24)22-20(25)21-15-19-9-5-6-12-23(19)16-17-7-3-2-4-8-17/h2-4,7-8,18-19H,5-6,9-16H2,1H3,(H2,21,22,25). The molecule has 0 aliphatic carbocycles. The van der Waals surface area contributed by atoms with Crippen LogP contribution in [0.5, 0.6) is 0 Å². The van der Waals surface area contributed by atoms with E-state index in [4.69, 9.17) is 0 Å². The van der Waals surface area contributed by atoms with Crippen molar-refractivity contribution < 1.29 is 13.2 Å². The van der Waals surface area contributed by atoms with Crippen molar-refractivity contribution >= 4 is 16.1 Å². The molecule has 0 spiro atoms. The van der Waals surface area contributed by atoms with E-state index in [1.807, 2.05) is 6.07 Å². The zero-order chi connectivity index (χ0) is 20.0. The molecule has 0 aromatic heterocycles. The monoisotopic (exact) mass is 408 g/mol. The second-order valence-electron chi connectivity index (χ2n) is 7.90.